The predicted molar refractivity (Wildman–Crippen MR) is 62.9 cm³/mol. The standard InChI is InChI=1S/C12H18ClN/c1-9-7-11(5-3-4-6-14)8-10(2)12(9)13/h7-8H,3-6,14H2,1-2H3. The van der Waals surface area contributed by atoms with E-state index in [1.165, 1.54) is 16.7 Å². The molecule has 78 valence electrons. The largest absolute Gasteiger partial charge is 0.330 e. The van der Waals surface area contributed by atoms with Crippen molar-refractivity contribution < 1.29 is 0 Å². The lowest BCUT2D eigenvalue weighted by Gasteiger charge is -2.07. The van der Waals surface area contributed by atoms with Gasteiger partial charge in [-0.15, -0.1) is 0 Å². The molecule has 0 unspecified atom stereocenters. The molecule has 0 saturated carbocycles. The third kappa shape index (κ3) is 3.00. The van der Waals surface area contributed by atoms with E-state index in [0.29, 0.717) is 0 Å². The van der Waals surface area contributed by atoms with Gasteiger partial charge in [-0.2, -0.15) is 0 Å². The van der Waals surface area contributed by atoms with E-state index < -0.39 is 0 Å². The van der Waals surface area contributed by atoms with Crippen molar-refractivity contribution in [1.82, 2.24) is 0 Å². The lowest BCUT2D eigenvalue weighted by atomic mass is 10.0. The van der Waals surface area contributed by atoms with Gasteiger partial charge >= 0.3 is 0 Å². The first-order valence-electron chi connectivity index (χ1n) is 5.11. The van der Waals surface area contributed by atoms with Crippen LogP contribution in [0.2, 0.25) is 5.02 Å². The van der Waals surface area contributed by atoms with Crippen molar-refractivity contribution in [1.29, 1.82) is 0 Å². The van der Waals surface area contributed by atoms with Crippen molar-refractivity contribution in [2.24, 2.45) is 5.73 Å². The number of hydrogen-bond donors (Lipinski definition) is 1. The van der Waals surface area contributed by atoms with Crippen LogP contribution < -0.4 is 5.73 Å². The Kier molecular flexibility index (Phi) is 4.43. The summed E-state index contributed by atoms with van der Waals surface area (Å²) in [5, 5.41) is 0.896. The summed E-state index contributed by atoms with van der Waals surface area (Å²) in [6, 6.07) is 4.34. The van der Waals surface area contributed by atoms with Gasteiger partial charge in [0.15, 0.2) is 0 Å². The van der Waals surface area contributed by atoms with Crippen LogP contribution in [0.3, 0.4) is 0 Å². The summed E-state index contributed by atoms with van der Waals surface area (Å²) in [5.41, 5.74) is 9.18. The van der Waals surface area contributed by atoms with Gasteiger partial charge in [0.05, 0.1) is 0 Å². The minimum atomic E-state index is 0.783. The quantitative estimate of drug-likeness (QED) is 0.761. The monoisotopic (exact) mass is 211 g/mol. The number of unbranched alkanes of at least 4 members (excludes halogenated alkanes) is 1. The maximum absolute atomic E-state index is 6.09. The van der Waals surface area contributed by atoms with Crippen molar-refractivity contribution in [3.8, 4) is 0 Å². The van der Waals surface area contributed by atoms with Crippen LogP contribution in [-0.2, 0) is 6.42 Å². The highest BCUT2D eigenvalue weighted by Crippen LogP contribution is 2.22. The average Bonchev–Trinajstić information content (AvgIpc) is 2.14. The molecule has 0 radical (unpaired) electrons. The summed E-state index contributed by atoms with van der Waals surface area (Å²) < 4.78 is 0. The van der Waals surface area contributed by atoms with E-state index in [-0.39, 0.29) is 0 Å². The topological polar surface area (TPSA) is 26.0 Å². The summed E-state index contributed by atoms with van der Waals surface area (Å²) in [4.78, 5) is 0. The first-order valence-corrected chi connectivity index (χ1v) is 5.48. The van der Waals surface area contributed by atoms with Gasteiger partial charge in [0, 0.05) is 5.02 Å². The molecule has 2 N–H and O–H groups in total. The zero-order valence-corrected chi connectivity index (χ0v) is 9.69. The third-order valence-electron chi connectivity index (χ3n) is 2.42. The van der Waals surface area contributed by atoms with Gasteiger partial charge < -0.3 is 5.73 Å². The molecule has 1 aromatic rings. The van der Waals surface area contributed by atoms with Gasteiger partial charge in [0.2, 0.25) is 0 Å². The molecule has 1 aromatic carbocycles. The highest BCUT2D eigenvalue weighted by Gasteiger charge is 2.02. The number of rotatable bonds is 4. The summed E-state index contributed by atoms with van der Waals surface area (Å²) in [5.74, 6) is 0. The molecule has 0 aliphatic heterocycles. The second-order valence-corrected chi connectivity index (χ2v) is 4.17. The lowest BCUT2D eigenvalue weighted by molar-refractivity contribution is 0.744. The number of halogens is 1. The molecule has 0 saturated heterocycles. The molecular weight excluding hydrogens is 194 g/mol. The molecular formula is C12H18ClN. The molecule has 0 heterocycles. The van der Waals surface area contributed by atoms with Gasteiger partial charge in [-0.1, -0.05) is 23.7 Å². The van der Waals surface area contributed by atoms with E-state index in [1.807, 2.05) is 0 Å². The van der Waals surface area contributed by atoms with Gasteiger partial charge in [0.1, 0.15) is 0 Å². The third-order valence-corrected chi connectivity index (χ3v) is 3.01. The highest BCUT2D eigenvalue weighted by atomic mass is 35.5. The van der Waals surface area contributed by atoms with Crippen molar-refractivity contribution >= 4 is 11.6 Å². The Morgan fingerprint density at radius 3 is 2.21 bits per heavy atom. The second-order valence-electron chi connectivity index (χ2n) is 3.79. The highest BCUT2D eigenvalue weighted by molar-refractivity contribution is 6.32. The van der Waals surface area contributed by atoms with Crippen molar-refractivity contribution in [2.75, 3.05) is 6.54 Å². The molecule has 14 heavy (non-hydrogen) atoms. The minimum Gasteiger partial charge on any atom is -0.330 e. The Bertz CT molecular complexity index is 284. The fraction of sp³-hybridized carbons (Fsp3) is 0.500. The zero-order valence-electron chi connectivity index (χ0n) is 8.94. The molecule has 0 spiro atoms. The number of nitrogens with two attached hydrogens (primary N) is 1. The maximum atomic E-state index is 6.09. The van der Waals surface area contributed by atoms with Crippen LogP contribution in [0.1, 0.15) is 29.5 Å². The smallest absolute Gasteiger partial charge is 0.0464 e. The fourth-order valence-corrected chi connectivity index (χ4v) is 1.76. The first-order chi connectivity index (χ1) is 6.65. The Balaban J connectivity index is 2.69. The van der Waals surface area contributed by atoms with Crippen LogP contribution in [0.15, 0.2) is 12.1 Å². The van der Waals surface area contributed by atoms with Crippen LogP contribution in [-0.4, -0.2) is 6.54 Å². The molecule has 0 aromatic heterocycles. The van der Waals surface area contributed by atoms with Crippen molar-refractivity contribution in [2.45, 2.75) is 33.1 Å². The fourth-order valence-electron chi connectivity index (χ4n) is 1.65. The van der Waals surface area contributed by atoms with Gasteiger partial charge in [-0.05, 0) is 56.3 Å². The molecule has 0 amide bonds. The predicted octanol–water partition coefficient (Wildman–Crippen LogP) is 3.24. The zero-order chi connectivity index (χ0) is 10.6. The van der Waals surface area contributed by atoms with E-state index in [4.69, 9.17) is 17.3 Å². The number of hydrogen-bond acceptors (Lipinski definition) is 1. The van der Waals surface area contributed by atoms with E-state index in [9.17, 15) is 0 Å². The molecule has 0 aliphatic rings. The second kappa shape index (κ2) is 5.38. The molecule has 1 nitrogen and oxygen atoms in total. The number of aryl methyl sites for hydroxylation is 3. The van der Waals surface area contributed by atoms with Crippen LogP contribution in [0.4, 0.5) is 0 Å². The summed E-state index contributed by atoms with van der Waals surface area (Å²) >= 11 is 6.09. The SMILES string of the molecule is Cc1cc(CCCCN)cc(C)c1Cl. The molecule has 0 atom stereocenters. The maximum Gasteiger partial charge on any atom is 0.0464 e. The molecule has 1 rings (SSSR count). The lowest BCUT2D eigenvalue weighted by Crippen LogP contribution is -1.99. The van der Waals surface area contributed by atoms with Crippen LogP contribution in [0.5, 0.6) is 0 Å². The van der Waals surface area contributed by atoms with Crippen molar-refractivity contribution in [3.63, 3.8) is 0 Å². The summed E-state index contributed by atoms with van der Waals surface area (Å²) in [7, 11) is 0. The molecule has 0 bridgehead atoms. The first kappa shape index (κ1) is 11.5. The van der Waals surface area contributed by atoms with Gasteiger partial charge in [-0.3, -0.25) is 0 Å². The van der Waals surface area contributed by atoms with E-state index in [2.05, 4.69) is 26.0 Å². The number of benzene rings is 1. The molecule has 0 aliphatic carbocycles. The van der Waals surface area contributed by atoms with Gasteiger partial charge in [-0.25, -0.2) is 0 Å². The van der Waals surface area contributed by atoms with Crippen LogP contribution in [0.25, 0.3) is 0 Å². The Hall–Kier alpha value is -0.530. The van der Waals surface area contributed by atoms with Crippen molar-refractivity contribution in [3.05, 3.63) is 33.8 Å². The Labute approximate surface area is 91.3 Å². The molecule has 0 fully saturated rings. The summed E-state index contributed by atoms with van der Waals surface area (Å²) in [6.07, 6.45) is 3.37. The van der Waals surface area contributed by atoms with E-state index in [1.54, 1.807) is 0 Å². The van der Waals surface area contributed by atoms with Crippen LogP contribution in [0, 0.1) is 13.8 Å². The Morgan fingerprint density at radius 1 is 1.14 bits per heavy atom. The molecule has 2 heteroatoms. The van der Waals surface area contributed by atoms with E-state index >= 15 is 0 Å². The normalized spacial score (nSPS) is 10.6. The Morgan fingerprint density at radius 2 is 1.71 bits per heavy atom. The summed E-state index contributed by atoms with van der Waals surface area (Å²) in [6.45, 7) is 4.90. The van der Waals surface area contributed by atoms with Crippen LogP contribution >= 0.6 is 11.6 Å². The van der Waals surface area contributed by atoms with Gasteiger partial charge in [0.25, 0.3) is 0 Å². The minimum absolute atomic E-state index is 0.783. The average molecular weight is 212 g/mol. The van der Waals surface area contributed by atoms with E-state index in [0.717, 1.165) is 30.8 Å².